The van der Waals surface area contributed by atoms with Crippen LogP contribution in [0.25, 0.3) is 0 Å². The number of nitrogens with zero attached hydrogens (tertiary/aromatic N) is 4. The highest BCUT2D eigenvalue weighted by molar-refractivity contribution is 14.0. The Balaban J connectivity index is 0.00000280. The van der Waals surface area contributed by atoms with E-state index in [9.17, 15) is 4.79 Å². The highest BCUT2D eigenvalue weighted by atomic mass is 127. The van der Waals surface area contributed by atoms with Crippen LogP contribution in [0.15, 0.2) is 4.99 Å². The van der Waals surface area contributed by atoms with Gasteiger partial charge in [0.15, 0.2) is 5.96 Å². The number of rotatable bonds is 5. The third-order valence-corrected chi connectivity index (χ3v) is 6.53. The average molecular weight is 505 g/mol. The van der Waals surface area contributed by atoms with Gasteiger partial charge in [0.2, 0.25) is 5.91 Å². The van der Waals surface area contributed by atoms with E-state index in [4.69, 9.17) is 4.99 Å². The molecule has 1 aliphatic carbocycles. The normalized spacial score (nSPS) is 24.9. The molecule has 3 aliphatic rings. The average Bonchev–Trinajstić information content (AvgIpc) is 3.13. The summed E-state index contributed by atoms with van der Waals surface area (Å²) in [7, 11) is 0. The molecule has 0 radical (unpaired) electrons. The number of likely N-dealkylation sites (tertiary alicyclic amines) is 1. The lowest BCUT2D eigenvalue weighted by Gasteiger charge is -2.36. The van der Waals surface area contributed by atoms with Crippen molar-refractivity contribution in [1.29, 1.82) is 0 Å². The Hall–Kier alpha value is -0.570. The zero-order chi connectivity index (χ0) is 19.1. The molecule has 1 amide bonds. The fourth-order valence-electron chi connectivity index (χ4n) is 4.89. The monoisotopic (exact) mass is 505 g/mol. The van der Waals surface area contributed by atoms with Gasteiger partial charge >= 0.3 is 0 Å². The van der Waals surface area contributed by atoms with Crippen molar-refractivity contribution in [2.45, 2.75) is 64.8 Å². The van der Waals surface area contributed by atoms with Crippen molar-refractivity contribution >= 4 is 35.8 Å². The summed E-state index contributed by atoms with van der Waals surface area (Å²) in [5.74, 6) is 2.13. The van der Waals surface area contributed by atoms with Gasteiger partial charge in [0.25, 0.3) is 0 Å². The third-order valence-electron chi connectivity index (χ3n) is 6.53. The van der Waals surface area contributed by atoms with Crippen molar-refractivity contribution in [1.82, 2.24) is 20.0 Å². The van der Waals surface area contributed by atoms with Crippen molar-refractivity contribution in [3.05, 3.63) is 0 Å². The Morgan fingerprint density at radius 2 is 1.64 bits per heavy atom. The maximum atomic E-state index is 11.6. The third kappa shape index (κ3) is 6.75. The first-order chi connectivity index (χ1) is 13.2. The van der Waals surface area contributed by atoms with Gasteiger partial charge in [-0.05, 0) is 45.1 Å². The van der Waals surface area contributed by atoms with E-state index in [0.29, 0.717) is 6.04 Å². The van der Waals surface area contributed by atoms with Gasteiger partial charge in [-0.3, -0.25) is 14.7 Å². The number of piperazine rings is 1. The number of halogens is 1. The number of hydrogen-bond acceptors (Lipinski definition) is 3. The zero-order valence-corrected chi connectivity index (χ0v) is 20.2. The summed E-state index contributed by atoms with van der Waals surface area (Å²) in [4.78, 5) is 23.6. The van der Waals surface area contributed by atoms with Gasteiger partial charge in [-0.15, -0.1) is 24.0 Å². The van der Waals surface area contributed by atoms with E-state index >= 15 is 0 Å². The van der Waals surface area contributed by atoms with Crippen molar-refractivity contribution in [3.8, 4) is 0 Å². The predicted molar refractivity (Wildman–Crippen MR) is 126 cm³/mol. The SMILES string of the molecule is CCNC(=NCC1CCCN1CC1CCCCC1)N1CCN(C(C)=O)CC1.I. The Labute approximate surface area is 188 Å². The molecule has 2 aliphatic heterocycles. The van der Waals surface area contributed by atoms with Gasteiger partial charge in [0.05, 0.1) is 6.54 Å². The van der Waals surface area contributed by atoms with E-state index in [1.165, 1.54) is 58.0 Å². The van der Waals surface area contributed by atoms with Gasteiger partial charge in [0.1, 0.15) is 0 Å². The van der Waals surface area contributed by atoms with Crippen LogP contribution >= 0.6 is 24.0 Å². The minimum absolute atomic E-state index is 0. The molecular formula is C21H40IN5O. The topological polar surface area (TPSA) is 51.2 Å². The van der Waals surface area contributed by atoms with E-state index in [0.717, 1.165) is 51.1 Å². The molecule has 6 nitrogen and oxygen atoms in total. The molecule has 0 aromatic carbocycles. The lowest BCUT2D eigenvalue weighted by atomic mass is 9.89. The summed E-state index contributed by atoms with van der Waals surface area (Å²) in [5, 5.41) is 3.47. The molecule has 1 saturated carbocycles. The molecule has 1 N–H and O–H groups in total. The van der Waals surface area contributed by atoms with Crippen LogP contribution in [-0.2, 0) is 4.79 Å². The lowest BCUT2D eigenvalue weighted by molar-refractivity contribution is -0.130. The summed E-state index contributed by atoms with van der Waals surface area (Å²) in [6, 6.07) is 0.610. The molecule has 3 rings (SSSR count). The Morgan fingerprint density at radius 3 is 2.29 bits per heavy atom. The Kier molecular flexibility index (Phi) is 10.3. The van der Waals surface area contributed by atoms with Crippen LogP contribution in [0, 0.1) is 5.92 Å². The standard InChI is InChI=1S/C21H39N5O.HI/c1-3-22-21(25-14-12-24(13-15-25)18(2)27)23-16-20-10-7-11-26(20)17-19-8-5-4-6-9-19;/h19-20H,3-17H2,1-2H3,(H,22,23);1H. The number of hydrogen-bond donors (Lipinski definition) is 1. The first-order valence-corrected chi connectivity index (χ1v) is 11.2. The van der Waals surface area contributed by atoms with Gasteiger partial charge in [-0.25, -0.2) is 0 Å². The molecule has 2 heterocycles. The van der Waals surface area contributed by atoms with Crippen LogP contribution in [0.2, 0.25) is 0 Å². The highest BCUT2D eigenvalue weighted by Gasteiger charge is 2.28. The molecule has 2 saturated heterocycles. The molecule has 1 atom stereocenters. The van der Waals surface area contributed by atoms with E-state index in [1.807, 2.05) is 4.90 Å². The summed E-state index contributed by atoms with van der Waals surface area (Å²) in [6.45, 7) is 11.5. The fourth-order valence-corrected chi connectivity index (χ4v) is 4.89. The number of carbonyl (C=O) groups excluding carboxylic acids is 1. The summed E-state index contributed by atoms with van der Waals surface area (Å²) >= 11 is 0. The highest BCUT2D eigenvalue weighted by Crippen LogP contribution is 2.27. The smallest absolute Gasteiger partial charge is 0.219 e. The second-order valence-corrected chi connectivity index (χ2v) is 8.48. The lowest BCUT2D eigenvalue weighted by Crippen LogP contribution is -2.53. The Morgan fingerprint density at radius 1 is 0.964 bits per heavy atom. The minimum atomic E-state index is 0. The number of nitrogens with one attached hydrogen (secondary N) is 1. The maximum absolute atomic E-state index is 11.6. The number of amides is 1. The molecular weight excluding hydrogens is 465 g/mol. The van der Waals surface area contributed by atoms with Crippen LogP contribution in [0.5, 0.6) is 0 Å². The fraction of sp³-hybridized carbons (Fsp3) is 0.905. The van der Waals surface area contributed by atoms with E-state index in [-0.39, 0.29) is 29.9 Å². The molecule has 162 valence electrons. The quantitative estimate of drug-likeness (QED) is 0.355. The number of carbonyl (C=O) groups is 1. The molecule has 1 unspecified atom stereocenters. The predicted octanol–water partition coefficient (Wildman–Crippen LogP) is 2.78. The number of aliphatic imine (C=N–C) groups is 1. The van der Waals surface area contributed by atoms with E-state index < -0.39 is 0 Å². The largest absolute Gasteiger partial charge is 0.357 e. The minimum Gasteiger partial charge on any atom is -0.357 e. The molecule has 28 heavy (non-hydrogen) atoms. The van der Waals surface area contributed by atoms with E-state index in [1.54, 1.807) is 6.92 Å². The second kappa shape index (κ2) is 12.2. The van der Waals surface area contributed by atoms with Gasteiger partial charge in [-0.1, -0.05) is 19.3 Å². The maximum Gasteiger partial charge on any atom is 0.219 e. The summed E-state index contributed by atoms with van der Waals surface area (Å²) in [6.07, 6.45) is 9.75. The summed E-state index contributed by atoms with van der Waals surface area (Å²) in [5.41, 5.74) is 0. The van der Waals surface area contributed by atoms with Crippen molar-refractivity contribution < 1.29 is 4.79 Å². The van der Waals surface area contributed by atoms with Crippen molar-refractivity contribution in [2.24, 2.45) is 10.9 Å². The van der Waals surface area contributed by atoms with Gasteiger partial charge in [0, 0.05) is 52.2 Å². The van der Waals surface area contributed by atoms with Crippen LogP contribution in [0.3, 0.4) is 0 Å². The molecule has 3 fully saturated rings. The van der Waals surface area contributed by atoms with Crippen LogP contribution in [0.4, 0.5) is 0 Å². The first-order valence-electron chi connectivity index (χ1n) is 11.2. The van der Waals surface area contributed by atoms with Gasteiger partial charge in [-0.2, -0.15) is 0 Å². The van der Waals surface area contributed by atoms with Crippen molar-refractivity contribution in [2.75, 3.05) is 52.4 Å². The second-order valence-electron chi connectivity index (χ2n) is 8.48. The molecule has 0 bridgehead atoms. The molecule has 0 aromatic heterocycles. The molecule has 0 spiro atoms. The van der Waals surface area contributed by atoms with E-state index in [2.05, 4.69) is 22.0 Å². The van der Waals surface area contributed by atoms with Crippen molar-refractivity contribution in [3.63, 3.8) is 0 Å². The number of guanidine groups is 1. The van der Waals surface area contributed by atoms with Crippen LogP contribution in [0.1, 0.15) is 58.8 Å². The summed E-state index contributed by atoms with van der Waals surface area (Å²) < 4.78 is 0. The van der Waals surface area contributed by atoms with Gasteiger partial charge < -0.3 is 15.1 Å². The zero-order valence-electron chi connectivity index (χ0n) is 17.9. The van der Waals surface area contributed by atoms with Crippen LogP contribution < -0.4 is 5.32 Å². The molecule has 0 aromatic rings. The first kappa shape index (κ1) is 23.7. The Bertz CT molecular complexity index is 501. The molecule has 7 heteroatoms. The van der Waals surface area contributed by atoms with Crippen LogP contribution in [-0.4, -0.2) is 85.0 Å².